The van der Waals surface area contributed by atoms with Gasteiger partial charge in [0.25, 0.3) is 0 Å². The number of carbonyl (C=O) groups is 1. The van der Waals surface area contributed by atoms with Gasteiger partial charge in [-0.1, -0.05) is 50.5 Å². The summed E-state index contributed by atoms with van der Waals surface area (Å²) in [6.45, 7) is 2.70. The Bertz CT molecular complexity index is 616. The average molecular weight is 472 g/mol. The number of hydrogen-bond donors (Lipinski definition) is 6. The van der Waals surface area contributed by atoms with E-state index >= 15 is 0 Å². The monoisotopic (exact) mass is 471 g/mol. The van der Waals surface area contributed by atoms with Gasteiger partial charge < -0.3 is 36.0 Å². The van der Waals surface area contributed by atoms with Gasteiger partial charge >= 0.3 is 5.97 Å². The van der Waals surface area contributed by atoms with Crippen LogP contribution in [0, 0.1) is 11.8 Å². The highest BCUT2D eigenvalue weighted by atomic mass is 16.5. The first-order valence-electron chi connectivity index (χ1n) is 12.2. The zero-order valence-electron chi connectivity index (χ0n) is 20.2. The van der Waals surface area contributed by atoms with Crippen molar-refractivity contribution in [1.29, 1.82) is 0 Å². The molecule has 8 heteroatoms. The number of allylic oxidation sites excluding steroid dienone is 2. The summed E-state index contributed by atoms with van der Waals surface area (Å²) >= 11 is 0. The third-order valence-electron chi connectivity index (χ3n) is 6.36. The highest BCUT2D eigenvalue weighted by molar-refractivity contribution is 5.69. The Morgan fingerprint density at radius 3 is 2.45 bits per heavy atom. The molecule has 1 aliphatic rings. The predicted molar refractivity (Wildman–Crippen MR) is 127 cm³/mol. The number of ether oxygens (including phenoxy) is 1. The predicted octanol–water partition coefficient (Wildman–Crippen LogP) is 1.57. The van der Waals surface area contributed by atoms with E-state index in [0.29, 0.717) is 32.1 Å². The van der Waals surface area contributed by atoms with Crippen molar-refractivity contribution < 1.29 is 35.1 Å². The van der Waals surface area contributed by atoms with Crippen LogP contribution in [-0.4, -0.2) is 74.7 Å². The fraction of sp³-hybridized carbons (Fsp3) is 0.800. The van der Waals surface area contributed by atoms with Crippen molar-refractivity contribution in [2.75, 3.05) is 19.8 Å². The minimum absolute atomic E-state index is 0.126. The van der Waals surface area contributed by atoms with Crippen LogP contribution in [0.3, 0.4) is 0 Å². The summed E-state index contributed by atoms with van der Waals surface area (Å²) in [6, 6.07) is 0. The topological polar surface area (TPSA) is 153 Å². The molecule has 8 nitrogen and oxygen atoms in total. The lowest BCUT2D eigenvalue weighted by Gasteiger charge is -2.23. The largest absolute Gasteiger partial charge is 0.464 e. The summed E-state index contributed by atoms with van der Waals surface area (Å²) < 4.78 is 5.00. The lowest BCUT2D eigenvalue weighted by Crippen LogP contribution is -2.51. The highest BCUT2D eigenvalue weighted by Gasteiger charge is 2.39. The molecule has 0 spiro atoms. The van der Waals surface area contributed by atoms with E-state index in [9.17, 15) is 20.1 Å². The lowest BCUT2D eigenvalue weighted by atomic mass is 9.88. The SMILES string of the molecule is CCCCC[C@](C)(O)/C=C/[C@@H]1[C@@H](C/C=C/CCCC(=O)OCC(N)(CO)CO)[C@@H](O)C[C@H]1O. The minimum Gasteiger partial charge on any atom is -0.464 e. The van der Waals surface area contributed by atoms with Gasteiger partial charge in [-0.05, 0) is 38.5 Å². The van der Waals surface area contributed by atoms with Crippen molar-refractivity contribution in [3.63, 3.8) is 0 Å². The first-order valence-corrected chi connectivity index (χ1v) is 12.2. The molecular formula is C25H45NO7. The number of hydrogen-bond acceptors (Lipinski definition) is 8. The molecule has 0 heterocycles. The van der Waals surface area contributed by atoms with Crippen molar-refractivity contribution in [3.05, 3.63) is 24.3 Å². The van der Waals surface area contributed by atoms with Crippen LogP contribution in [0.4, 0.5) is 0 Å². The summed E-state index contributed by atoms with van der Waals surface area (Å²) in [5.74, 6) is -0.781. The van der Waals surface area contributed by atoms with E-state index in [1.165, 1.54) is 0 Å². The summed E-state index contributed by atoms with van der Waals surface area (Å²) in [4.78, 5) is 11.8. The Hall–Kier alpha value is -1.29. The molecule has 0 aromatic heterocycles. The first-order chi connectivity index (χ1) is 15.6. The van der Waals surface area contributed by atoms with E-state index < -0.39 is 42.5 Å². The molecule has 0 amide bonds. The number of carbonyl (C=O) groups excluding carboxylic acids is 1. The number of aliphatic hydroxyl groups is 5. The van der Waals surface area contributed by atoms with Gasteiger partial charge in [-0.15, -0.1) is 0 Å². The third-order valence-corrected chi connectivity index (χ3v) is 6.36. The molecule has 7 N–H and O–H groups in total. The van der Waals surface area contributed by atoms with Crippen molar-refractivity contribution in [3.8, 4) is 0 Å². The molecule has 1 aliphatic carbocycles. The standard InChI is InChI=1S/C25H45NO7/c1-3-4-9-13-24(2,32)14-12-20-19(21(29)15-22(20)30)10-7-5-6-8-11-23(31)33-18-25(26,16-27)17-28/h5,7,12,14,19-22,27-30,32H,3-4,6,8-11,13,15-18,26H2,1-2H3/b7-5+,14-12+/t19-,20-,21+,22-,24+/m1/s1. The van der Waals surface area contributed by atoms with E-state index in [4.69, 9.17) is 20.7 Å². The normalized spacial score (nSPS) is 25.7. The zero-order chi connectivity index (χ0) is 24.9. The van der Waals surface area contributed by atoms with Crippen molar-refractivity contribution >= 4 is 5.97 Å². The second-order valence-corrected chi connectivity index (χ2v) is 9.72. The molecule has 0 aliphatic heterocycles. The fourth-order valence-electron chi connectivity index (χ4n) is 4.01. The molecule has 5 atom stereocenters. The number of esters is 1. The van der Waals surface area contributed by atoms with Gasteiger partial charge in [-0.2, -0.15) is 0 Å². The van der Waals surface area contributed by atoms with Gasteiger partial charge in [0, 0.05) is 18.8 Å². The van der Waals surface area contributed by atoms with Crippen molar-refractivity contribution in [2.45, 2.75) is 95.0 Å². The van der Waals surface area contributed by atoms with Gasteiger partial charge in [0.15, 0.2) is 0 Å². The molecule has 0 radical (unpaired) electrons. The maximum Gasteiger partial charge on any atom is 0.305 e. The van der Waals surface area contributed by atoms with Gasteiger partial charge in [0.1, 0.15) is 6.61 Å². The van der Waals surface area contributed by atoms with E-state index in [1.807, 2.05) is 18.2 Å². The Morgan fingerprint density at radius 1 is 1.12 bits per heavy atom. The Labute approximate surface area is 198 Å². The van der Waals surface area contributed by atoms with Crippen molar-refractivity contribution in [2.24, 2.45) is 17.6 Å². The summed E-state index contributed by atoms with van der Waals surface area (Å²) in [5.41, 5.74) is 3.41. The van der Waals surface area contributed by atoms with Crippen LogP contribution in [0.1, 0.15) is 71.6 Å². The summed E-state index contributed by atoms with van der Waals surface area (Å²) in [5, 5.41) is 49.5. The first kappa shape index (κ1) is 29.7. The van der Waals surface area contributed by atoms with Crippen LogP contribution in [0.25, 0.3) is 0 Å². The molecule has 0 unspecified atom stereocenters. The maximum atomic E-state index is 11.8. The van der Waals surface area contributed by atoms with Crippen LogP contribution < -0.4 is 5.73 Å². The lowest BCUT2D eigenvalue weighted by molar-refractivity contribution is -0.146. The maximum absolute atomic E-state index is 11.8. The van der Waals surface area contributed by atoms with E-state index in [0.717, 1.165) is 19.3 Å². The molecule has 0 saturated heterocycles. The number of unbranched alkanes of at least 4 members (excludes halogenated alkanes) is 3. The Kier molecular flexibility index (Phi) is 13.4. The molecule has 0 bridgehead atoms. The summed E-state index contributed by atoms with van der Waals surface area (Å²) in [7, 11) is 0. The molecule has 192 valence electrons. The van der Waals surface area contributed by atoms with Crippen LogP contribution >= 0.6 is 0 Å². The molecule has 1 saturated carbocycles. The molecule has 33 heavy (non-hydrogen) atoms. The fourth-order valence-corrected chi connectivity index (χ4v) is 4.01. The minimum atomic E-state index is -1.32. The number of rotatable bonds is 16. The van der Waals surface area contributed by atoms with Gasteiger partial charge in [0.2, 0.25) is 0 Å². The van der Waals surface area contributed by atoms with Crippen LogP contribution in [0.15, 0.2) is 24.3 Å². The second-order valence-electron chi connectivity index (χ2n) is 9.72. The Morgan fingerprint density at radius 2 is 1.82 bits per heavy atom. The van der Waals surface area contributed by atoms with E-state index in [1.54, 1.807) is 13.0 Å². The van der Waals surface area contributed by atoms with Crippen LogP contribution in [-0.2, 0) is 9.53 Å². The quantitative estimate of drug-likeness (QED) is 0.113. The number of nitrogens with two attached hydrogens (primary N) is 1. The number of aliphatic hydroxyl groups excluding tert-OH is 4. The van der Waals surface area contributed by atoms with Crippen LogP contribution in [0.5, 0.6) is 0 Å². The van der Waals surface area contributed by atoms with Gasteiger partial charge in [0.05, 0.1) is 36.6 Å². The smallest absolute Gasteiger partial charge is 0.305 e. The third kappa shape index (κ3) is 11.1. The van der Waals surface area contributed by atoms with Crippen LogP contribution in [0.2, 0.25) is 0 Å². The molecule has 0 aromatic rings. The molecular weight excluding hydrogens is 426 g/mol. The van der Waals surface area contributed by atoms with E-state index in [-0.39, 0.29) is 24.9 Å². The summed E-state index contributed by atoms with van der Waals surface area (Å²) in [6.07, 6.45) is 12.4. The molecule has 0 aromatic carbocycles. The van der Waals surface area contributed by atoms with Crippen molar-refractivity contribution in [1.82, 2.24) is 0 Å². The highest BCUT2D eigenvalue weighted by Crippen LogP contribution is 2.37. The zero-order valence-corrected chi connectivity index (χ0v) is 20.2. The van der Waals surface area contributed by atoms with Gasteiger partial charge in [-0.25, -0.2) is 0 Å². The van der Waals surface area contributed by atoms with Gasteiger partial charge in [-0.3, -0.25) is 4.79 Å². The average Bonchev–Trinajstić information content (AvgIpc) is 3.05. The molecule has 1 rings (SSSR count). The second kappa shape index (κ2) is 14.9. The van der Waals surface area contributed by atoms with E-state index in [2.05, 4.69) is 6.92 Å². The molecule has 1 fully saturated rings. The Balaban J connectivity index is 2.44.